The molecule has 0 unspecified atom stereocenters. The van der Waals surface area contributed by atoms with Crippen LogP contribution in [0, 0.1) is 0 Å². The van der Waals surface area contributed by atoms with Crippen molar-refractivity contribution in [3.63, 3.8) is 0 Å². The second kappa shape index (κ2) is 9.88. The van der Waals surface area contributed by atoms with Crippen LogP contribution in [0.2, 0.25) is 5.02 Å². The highest BCUT2D eigenvalue weighted by molar-refractivity contribution is 7.97. The molecule has 1 aromatic rings. The van der Waals surface area contributed by atoms with Gasteiger partial charge in [0.15, 0.2) is 0 Å². The maximum Gasteiger partial charge on any atom is 0.0406 e. The Morgan fingerprint density at radius 2 is 1.67 bits per heavy atom. The van der Waals surface area contributed by atoms with Gasteiger partial charge in [0.05, 0.1) is 0 Å². The van der Waals surface area contributed by atoms with Gasteiger partial charge in [0, 0.05) is 21.4 Å². The zero-order valence-electron chi connectivity index (χ0n) is 15.8. The van der Waals surface area contributed by atoms with Crippen molar-refractivity contribution in [2.24, 2.45) is 0 Å². The van der Waals surface area contributed by atoms with Gasteiger partial charge in [-0.2, -0.15) is 0 Å². The molecular weight excluding hydrogens is 390 g/mol. The first-order valence-corrected chi connectivity index (χ1v) is 11.1. The minimum atomic E-state index is 0.539. The van der Waals surface area contributed by atoms with Crippen LogP contribution in [0.3, 0.4) is 0 Å². The van der Waals surface area contributed by atoms with Gasteiger partial charge in [-0.1, -0.05) is 49.7 Å². The average Bonchev–Trinajstić information content (AvgIpc) is 2.82. The third-order valence-corrected chi connectivity index (χ3v) is 6.23. The number of benzene rings is 1. The van der Waals surface area contributed by atoms with Crippen molar-refractivity contribution in [2.75, 3.05) is 6.54 Å². The average molecular weight is 416 g/mol. The minimum absolute atomic E-state index is 0.539. The first-order valence-electron chi connectivity index (χ1n) is 9.44. The van der Waals surface area contributed by atoms with Gasteiger partial charge in [-0.3, -0.25) is 4.72 Å². The highest BCUT2D eigenvalue weighted by Crippen LogP contribution is 2.35. The van der Waals surface area contributed by atoms with Crippen molar-refractivity contribution in [1.82, 2.24) is 4.72 Å². The van der Waals surface area contributed by atoms with Gasteiger partial charge in [-0.15, -0.1) is 12.6 Å². The molecule has 0 heterocycles. The molecule has 4 heteroatoms. The van der Waals surface area contributed by atoms with Crippen LogP contribution in [0.5, 0.6) is 0 Å². The topological polar surface area (TPSA) is 12.0 Å². The Kier molecular flexibility index (Phi) is 7.54. The number of nitrogens with one attached hydrogen (secondary N) is 1. The summed E-state index contributed by atoms with van der Waals surface area (Å²) in [6.07, 6.45) is 3.40. The smallest absolute Gasteiger partial charge is 0.0406 e. The monoisotopic (exact) mass is 415 g/mol. The molecule has 1 aromatic carbocycles. The summed E-state index contributed by atoms with van der Waals surface area (Å²) in [5, 5.41) is 0.777. The fourth-order valence-corrected chi connectivity index (χ4v) is 4.32. The molecule has 1 N–H and O–H groups in total. The number of unbranched alkanes of at least 4 members (excludes halogenated alkanes) is 1. The summed E-state index contributed by atoms with van der Waals surface area (Å²) < 4.78 is 3.43. The Bertz CT molecular complexity index is 846. The summed E-state index contributed by atoms with van der Waals surface area (Å²) in [6.45, 7) is 5.46. The van der Waals surface area contributed by atoms with Crippen molar-refractivity contribution in [3.05, 3.63) is 70.7 Å². The first-order chi connectivity index (χ1) is 13.0. The molecule has 0 fully saturated rings. The summed E-state index contributed by atoms with van der Waals surface area (Å²) in [5.74, 6) is 0.539. The molecule has 0 aliphatic heterocycles. The van der Waals surface area contributed by atoms with E-state index in [1.54, 1.807) is 11.9 Å². The molecule has 0 bridgehead atoms. The van der Waals surface area contributed by atoms with Crippen LogP contribution < -0.4 is 4.72 Å². The molecule has 0 saturated heterocycles. The molecule has 0 radical (unpaired) electrons. The van der Waals surface area contributed by atoms with Crippen molar-refractivity contribution < 1.29 is 0 Å². The Balaban J connectivity index is 1.51. The van der Waals surface area contributed by atoms with Crippen molar-refractivity contribution >= 4 is 36.2 Å². The second-order valence-electron chi connectivity index (χ2n) is 7.11. The summed E-state index contributed by atoms with van der Waals surface area (Å²) in [5.41, 5.74) is 5.38. The van der Waals surface area contributed by atoms with Gasteiger partial charge in [0.25, 0.3) is 0 Å². The fourth-order valence-electron chi connectivity index (χ4n) is 3.16. The lowest BCUT2D eigenvalue weighted by Gasteiger charge is -2.05. The Hall–Kier alpha value is -1.13. The van der Waals surface area contributed by atoms with Crippen LogP contribution in [0.25, 0.3) is 11.1 Å². The SMILES string of the molecule is CC(C)c1ccc2c(S)cc(CCCCNSc3ccc(Cl)cc3)c-2cc1. The maximum atomic E-state index is 5.91. The van der Waals surface area contributed by atoms with E-state index in [0.717, 1.165) is 35.7 Å². The zero-order chi connectivity index (χ0) is 19.2. The predicted molar refractivity (Wildman–Crippen MR) is 123 cm³/mol. The van der Waals surface area contributed by atoms with Gasteiger partial charge in [-0.25, -0.2) is 0 Å². The molecule has 2 aliphatic carbocycles. The summed E-state index contributed by atoms with van der Waals surface area (Å²) in [7, 11) is 0. The molecule has 142 valence electrons. The van der Waals surface area contributed by atoms with E-state index in [-0.39, 0.29) is 0 Å². The number of thiol groups is 1. The molecule has 2 aliphatic rings. The van der Waals surface area contributed by atoms with Gasteiger partial charge >= 0.3 is 0 Å². The van der Waals surface area contributed by atoms with Crippen molar-refractivity contribution in [2.45, 2.75) is 48.8 Å². The van der Waals surface area contributed by atoms with Crippen LogP contribution in [-0.2, 0) is 6.42 Å². The molecule has 27 heavy (non-hydrogen) atoms. The van der Waals surface area contributed by atoms with Gasteiger partial charge in [-0.05, 0) is 89.7 Å². The van der Waals surface area contributed by atoms with Crippen molar-refractivity contribution in [3.8, 4) is 11.1 Å². The summed E-state index contributed by atoms with van der Waals surface area (Å²) >= 11 is 12.3. The molecule has 0 saturated carbocycles. The molecule has 0 atom stereocenters. The second-order valence-corrected chi connectivity index (χ2v) is 8.99. The van der Waals surface area contributed by atoms with E-state index in [0.29, 0.717) is 5.92 Å². The fraction of sp³-hybridized carbons (Fsp3) is 0.304. The van der Waals surface area contributed by atoms with E-state index in [1.807, 2.05) is 24.3 Å². The highest BCUT2D eigenvalue weighted by Gasteiger charge is 2.13. The number of halogens is 1. The summed E-state index contributed by atoms with van der Waals surface area (Å²) in [4.78, 5) is 2.27. The number of rotatable bonds is 8. The normalized spacial score (nSPS) is 11.4. The first kappa shape index (κ1) is 20.6. The lowest BCUT2D eigenvalue weighted by molar-refractivity contribution is 0.725. The number of aryl methyl sites for hydroxylation is 1. The van der Waals surface area contributed by atoms with E-state index in [2.05, 4.69) is 48.9 Å². The number of hydrogen-bond donors (Lipinski definition) is 2. The lowest BCUT2D eigenvalue weighted by Crippen LogP contribution is -2.05. The molecular formula is C23H26ClNS2. The van der Waals surface area contributed by atoms with Crippen LogP contribution in [0.1, 0.15) is 43.7 Å². The minimum Gasteiger partial charge on any atom is -0.260 e. The van der Waals surface area contributed by atoms with Crippen LogP contribution in [0.15, 0.2) is 64.4 Å². The standard InChI is InChI=1S/C23H26ClNS2/c1-16(2)17-6-12-21-18(15-23(26)22(21)13-7-17)5-3-4-14-25-27-20-10-8-19(24)9-11-20/h6-13,15-16,25-26H,3-5,14H2,1-2H3. The predicted octanol–water partition coefficient (Wildman–Crippen LogP) is 7.48. The summed E-state index contributed by atoms with van der Waals surface area (Å²) in [6, 6.07) is 19.1. The Labute approximate surface area is 177 Å². The van der Waals surface area contributed by atoms with E-state index >= 15 is 0 Å². The van der Waals surface area contributed by atoms with E-state index in [9.17, 15) is 0 Å². The van der Waals surface area contributed by atoms with Gasteiger partial charge in [0.2, 0.25) is 0 Å². The third-order valence-electron chi connectivity index (χ3n) is 4.75. The van der Waals surface area contributed by atoms with Gasteiger partial charge < -0.3 is 0 Å². The lowest BCUT2D eigenvalue weighted by atomic mass is 10.0. The number of hydrogen-bond acceptors (Lipinski definition) is 3. The quantitative estimate of drug-likeness (QED) is 0.224. The largest absolute Gasteiger partial charge is 0.260 e. The van der Waals surface area contributed by atoms with Crippen molar-refractivity contribution in [1.29, 1.82) is 0 Å². The molecule has 1 nitrogen and oxygen atoms in total. The Morgan fingerprint density at radius 3 is 2.37 bits per heavy atom. The van der Waals surface area contributed by atoms with E-state index < -0.39 is 0 Å². The van der Waals surface area contributed by atoms with Crippen LogP contribution in [-0.4, -0.2) is 6.54 Å². The van der Waals surface area contributed by atoms with E-state index in [4.69, 9.17) is 24.2 Å². The van der Waals surface area contributed by atoms with Gasteiger partial charge in [0.1, 0.15) is 0 Å². The molecule has 0 spiro atoms. The Morgan fingerprint density at radius 1 is 0.963 bits per heavy atom. The third kappa shape index (κ3) is 5.68. The molecule has 3 rings (SSSR count). The van der Waals surface area contributed by atoms with Crippen LogP contribution >= 0.6 is 36.2 Å². The highest BCUT2D eigenvalue weighted by atomic mass is 35.5. The maximum absolute atomic E-state index is 5.91. The van der Waals surface area contributed by atoms with Crippen LogP contribution in [0.4, 0.5) is 0 Å². The molecule has 0 aromatic heterocycles. The molecule has 0 amide bonds. The van der Waals surface area contributed by atoms with E-state index in [1.165, 1.54) is 27.1 Å². The zero-order valence-corrected chi connectivity index (χ0v) is 18.3. The number of fused-ring (bicyclic) bond motifs is 1.